The molecule has 0 saturated carbocycles. The lowest BCUT2D eigenvalue weighted by Gasteiger charge is -2.28. The van der Waals surface area contributed by atoms with Gasteiger partial charge in [0.05, 0.1) is 4.90 Å². The first-order valence-electron chi connectivity index (χ1n) is 9.47. The Labute approximate surface area is 161 Å². The minimum absolute atomic E-state index is 0.165. The Bertz CT molecular complexity index is 892. The predicted octanol–water partition coefficient (Wildman–Crippen LogP) is 3.35. The number of nitrogens with one attached hydrogen (secondary N) is 1. The van der Waals surface area contributed by atoms with Crippen molar-refractivity contribution in [3.8, 4) is 0 Å². The summed E-state index contributed by atoms with van der Waals surface area (Å²) in [5, 5.41) is 2.87. The lowest BCUT2D eigenvalue weighted by molar-refractivity contribution is 0.0953. The molecule has 0 saturated heterocycles. The minimum atomic E-state index is -3.57. The maximum Gasteiger partial charge on any atom is 0.251 e. The Hall–Kier alpha value is -2.18. The third-order valence-electron chi connectivity index (χ3n) is 4.92. The van der Waals surface area contributed by atoms with Crippen molar-refractivity contribution in [3.63, 3.8) is 0 Å². The number of hydrogen-bond acceptors (Lipinski definition) is 3. The van der Waals surface area contributed by atoms with Gasteiger partial charge in [0.15, 0.2) is 0 Å². The van der Waals surface area contributed by atoms with Gasteiger partial charge in [-0.25, -0.2) is 8.42 Å². The predicted molar refractivity (Wildman–Crippen MR) is 106 cm³/mol. The molecule has 5 nitrogen and oxygen atoms in total. The fourth-order valence-corrected chi connectivity index (χ4v) is 4.70. The highest BCUT2D eigenvalue weighted by Crippen LogP contribution is 2.25. The number of unbranched alkanes of at least 4 members (excludes halogenated alkanes) is 2. The molecule has 144 valence electrons. The first kappa shape index (κ1) is 19.6. The van der Waals surface area contributed by atoms with Gasteiger partial charge >= 0.3 is 0 Å². The number of nitrogens with zero attached hydrogens (tertiary/aromatic N) is 1. The molecule has 0 atom stereocenters. The summed E-state index contributed by atoms with van der Waals surface area (Å²) in [6.07, 6.45) is 3.85. The van der Waals surface area contributed by atoms with E-state index < -0.39 is 10.0 Å². The number of carbonyl (C=O) groups excluding carboxylic acids is 1. The van der Waals surface area contributed by atoms with E-state index in [1.807, 2.05) is 24.3 Å². The molecule has 6 heteroatoms. The van der Waals surface area contributed by atoms with Crippen LogP contribution in [0.4, 0.5) is 0 Å². The largest absolute Gasteiger partial charge is 0.352 e. The van der Waals surface area contributed by atoms with Crippen LogP contribution in [0.25, 0.3) is 0 Å². The summed E-state index contributed by atoms with van der Waals surface area (Å²) in [4.78, 5) is 12.4. The van der Waals surface area contributed by atoms with Crippen LogP contribution in [0, 0.1) is 0 Å². The van der Waals surface area contributed by atoms with Crippen molar-refractivity contribution < 1.29 is 13.2 Å². The standard InChI is InChI=1S/C21H26N2O3S/c1-2-3-6-14-22-21(24)18-9-11-20(12-10-18)27(25,26)23-15-13-17-7-4-5-8-19(17)16-23/h4-5,7-12H,2-3,6,13-16H2,1H3,(H,22,24). The molecule has 1 heterocycles. The highest BCUT2D eigenvalue weighted by Gasteiger charge is 2.28. The van der Waals surface area contributed by atoms with E-state index in [-0.39, 0.29) is 10.8 Å². The molecule has 1 amide bonds. The second kappa shape index (κ2) is 8.67. The van der Waals surface area contributed by atoms with Gasteiger partial charge in [-0.2, -0.15) is 4.31 Å². The fraction of sp³-hybridized carbons (Fsp3) is 0.381. The number of rotatable bonds is 7. The molecule has 3 rings (SSSR count). The van der Waals surface area contributed by atoms with Crippen LogP contribution in [0.2, 0.25) is 0 Å². The molecule has 0 aromatic heterocycles. The summed E-state index contributed by atoms with van der Waals surface area (Å²) < 4.78 is 27.4. The van der Waals surface area contributed by atoms with Crippen molar-refractivity contribution in [1.29, 1.82) is 0 Å². The maximum atomic E-state index is 12.9. The van der Waals surface area contributed by atoms with Gasteiger partial charge in [-0.05, 0) is 48.2 Å². The van der Waals surface area contributed by atoms with Crippen molar-refractivity contribution in [2.24, 2.45) is 0 Å². The van der Waals surface area contributed by atoms with Gasteiger partial charge in [0, 0.05) is 25.2 Å². The first-order chi connectivity index (χ1) is 13.0. The molecule has 2 aromatic carbocycles. The van der Waals surface area contributed by atoms with Gasteiger partial charge < -0.3 is 5.32 Å². The Morgan fingerprint density at radius 2 is 1.74 bits per heavy atom. The fourth-order valence-electron chi connectivity index (χ4n) is 3.28. The number of amides is 1. The van der Waals surface area contributed by atoms with E-state index in [9.17, 15) is 13.2 Å². The summed E-state index contributed by atoms with van der Waals surface area (Å²) in [7, 11) is -3.57. The summed E-state index contributed by atoms with van der Waals surface area (Å²) in [6.45, 7) is 3.61. The van der Waals surface area contributed by atoms with E-state index in [0.29, 0.717) is 31.6 Å². The molecule has 2 aromatic rings. The molecule has 0 radical (unpaired) electrons. The van der Waals surface area contributed by atoms with Crippen LogP contribution in [0.3, 0.4) is 0 Å². The molecule has 0 spiro atoms. The van der Waals surface area contributed by atoms with E-state index in [2.05, 4.69) is 12.2 Å². The van der Waals surface area contributed by atoms with Crippen molar-refractivity contribution in [3.05, 3.63) is 65.2 Å². The third-order valence-corrected chi connectivity index (χ3v) is 6.78. The minimum Gasteiger partial charge on any atom is -0.352 e. The SMILES string of the molecule is CCCCCNC(=O)c1ccc(S(=O)(=O)N2CCc3ccccc3C2)cc1. The zero-order valence-corrected chi connectivity index (χ0v) is 16.5. The van der Waals surface area contributed by atoms with E-state index >= 15 is 0 Å². The van der Waals surface area contributed by atoms with Gasteiger partial charge in [-0.3, -0.25) is 4.79 Å². The molecular formula is C21H26N2O3S. The summed E-state index contributed by atoms with van der Waals surface area (Å²) in [6, 6.07) is 14.2. The van der Waals surface area contributed by atoms with Crippen LogP contribution in [0.1, 0.15) is 47.7 Å². The summed E-state index contributed by atoms with van der Waals surface area (Å²) >= 11 is 0. The Morgan fingerprint density at radius 3 is 2.44 bits per heavy atom. The van der Waals surface area contributed by atoms with Gasteiger partial charge in [-0.15, -0.1) is 0 Å². The highest BCUT2D eigenvalue weighted by atomic mass is 32.2. The van der Waals surface area contributed by atoms with Gasteiger partial charge in [0.2, 0.25) is 10.0 Å². The average molecular weight is 387 g/mol. The number of fused-ring (bicyclic) bond motifs is 1. The zero-order chi connectivity index (χ0) is 19.3. The van der Waals surface area contributed by atoms with Crippen LogP contribution in [-0.2, 0) is 23.0 Å². The van der Waals surface area contributed by atoms with E-state index in [0.717, 1.165) is 24.8 Å². The topological polar surface area (TPSA) is 66.5 Å². The van der Waals surface area contributed by atoms with Gasteiger partial charge in [-0.1, -0.05) is 44.0 Å². The van der Waals surface area contributed by atoms with E-state index in [4.69, 9.17) is 0 Å². The van der Waals surface area contributed by atoms with Crippen molar-refractivity contribution in [1.82, 2.24) is 9.62 Å². The normalized spacial score (nSPS) is 14.6. The second-order valence-corrected chi connectivity index (χ2v) is 8.78. The van der Waals surface area contributed by atoms with E-state index in [1.54, 1.807) is 12.1 Å². The lowest BCUT2D eigenvalue weighted by Crippen LogP contribution is -2.36. The summed E-state index contributed by atoms with van der Waals surface area (Å²) in [5.74, 6) is -0.165. The van der Waals surface area contributed by atoms with Crippen LogP contribution in [0.5, 0.6) is 0 Å². The summed E-state index contributed by atoms with van der Waals surface area (Å²) in [5.41, 5.74) is 2.74. The third kappa shape index (κ3) is 4.57. The molecule has 1 aliphatic heterocycles. The molecular weight excluding hydrogens is 360 g/mol. The number of sulfonamides is 1. The van der Waals surface area contributed by atoms with Gasteiger partial charge in [0.25, 0.3) is 5.91 Å². The molecule has 0 aliphatic carbocycles. The average Bonchev–Trinajstić information content (AvgIpc) is 2.70. The molecule has 27 heavy (non-hydrogen) atoms. The number of benzene rings is 2. The quantitative estimate of drug-likeness (QED) is 0.742. The molecule has 1 N–H and O–H groups in total. The number of carbonyl (C=O) groups is 1. The molecule has 1 aliphatic rings. The first-order valence-corrected chi connectivity index (χ1v) is 10.9. The molecule has 0 bridgehead atoms. The Morgan fingerprint density at radius 1 is 1.04 bits per heavy atom. The Balaban J connectivity index is 1.68. The van der Waals surface area contributed by atoms with Crippen molar-refractivity contribution in [2.45, 2.75) is 44.0 Å². The monoisotopic (exact) mass is 386 g/mol. The Kier molecular flexibility index (Phi) is 6.29. The van der Waals surface area contributed by atoms with Crippen LogP contribution in [-0.4, -0.2) is 31.7 Å². The van der Waals surface area contributed by atoms with Crippen molar-refractivity contribution in [2.75, 3.05) is 13.1 Å². The second-order valence-electron chi connectivity index (χ2n) is 6.84. The van der Waals surface area contributed by atoms with Crippen LogP contribution < -0.4 is 5.32 Å². The van der Waals surface area contributed by atoms with E-state index in [1.165, 1.54) is 22.0 Å². The lowest BCUT2D eigenvalue weighted by atomic mass is 10.0. The number of hydrogen-bond donors (Lipinski definition) is 1. The van der Waals surface area contributed by atoms with Crippen LogP contribution >= 0.6 is 0 Å². The molecule has 0 unspecified atom stereocenters. The smallest absolute Gasteiger partial charge is 0.251 e. The van der Waals surface area contributed by atoms with Crippen molar-refractivity contribution >= 4 is 15.9 Å². The zero-order valence-electron chi connectivity index (χ0n) is 15.6. The maximum absolute atomic E-state index is 12.9. The van der Waals surface area contributed by atoms with Gasteiger partial charge in [0.1, 0.15) is 0 Å². The highest BCUT2D eigenvalue weighted by molar-refractivity contribution is 7.89. The van der Waals surface area contributed by atoms with Crippen LogP contribution in [0.15, 0.2) is 53.4 Å². The molecule has 0 fully saturated rings.